The minimum atomic E-state index is 0. The second-order valence-corrected chi connectivity index (χ2v) is 12.4. The summed E-state index contributed by atoms with van der Waals surface area (Å²) in [6.07, 6.45) is 1.91. The molecule has 4 aromatic carbocycles. The summed E-state index contributed by atoms with van der Waals surface area (Å²) in [6, 6.07) is 42.9. The minimum Gasteiger partial charge on any atom is -0.305 e. The molecule has 0 spiro atoms. The Morgan fingerprint density at radius 3 is 2.23 bits per heavy atom. The van der Waals surface area contributed by atoms with Crippen LogP contribution in [-0.4, -0.2) is 9.97 Å². The van der Waals surface area contributed by atoms with Crippen molar-refractivity contribution >= 4 is 11.8 Å². The van der Waals surface area contributed by atoms with Crippen LogP contribution in [0.4, 0.5) is 0 Å². The maximum Gasteiger partial charge on any atom is 0.0268 e. The van der Waals surface area contributed by atoms with Gasteiger partial charge >= 0.3 is 0 Å². The fourth-order valence-corrected chi connectivity index (χ4v) is 6.49. The van der Waals surface area contributed by atoms with Crippen molar-refractivity contribution in [2.24, 2.45) is 0 Å². The second-order valence-electron chi connectivity index (χ2n) is 11.3. The molecule has 0 saturated heterocycles. The number of fused-ring (bicyclic) bond motifs is 5. The van der Waals surface area contributed by atoms with Gasteiger partial charge in [0, 0.05) is 36.9 Å². The Hall–Kier alpha value is -3.82. The van der Waals surface area contributed by atoms with Crippen molar-refractivity contribution in [1.82, 2.24) is 9.97 Å². The second kappa shape index (κ2) is 13.9. The van der Waals surface area contributed by atoms with Crippen molar-refractivity contribution in [3.8, 4) is 44.8 Å². The van der Waals surface area contributed by atoms with Crippen LogP contribution < -0.4 is 0 Å². The van der Waals surface area contributed by atoms with E-state index in [2.05, 4.69) is 129 Å². The SMILES string of the molecule is Cc1cc(C)nc(-c2[c-]cccc2)c1.Cc1ccc2c(c1)-c1ccccc1Sc1c[c-]c(-c3cc(C(C)C)ccn3)cc1-2.[Ir]. The third-order valence-electron chi connectivity index (χ3n) is 7.58. The first-order valence-electron chi connectivity index (χ1n) is 14.7. The molecule has 2 nitrogen and oxygen atoms in total. The largest absolute Gasteiger partial charge is 0.305 e. The first kappa shape index (κ1) is 31.6. The summed E-state index contributed by atoms with van der Waals surface area (Å²) in [5, 5.41) is 0. The Kier molecular flexibility index (Phi) is 9.96. The van der Waals surface area contributed by atoms with E-state index in [1.54, 1.807) is 0 Å². The number of pyridine rings is 2. The van der Waals surface area contributed by atoms with Gasteiger partial charge in [0.2, 0.25) is 0 Å². The van der Waals surface area contributed by atoms with Gasteiger partial charge in [-0.05, 0) is 73.0 Å². The zero-order chi connectivity index (χ0) is 29.9. The smallest absolute Gasteiger partial charge is 0.0268 e. The Labute approximate surface area is 279 Å². The molecule has 0 bridgehead atoms. The van der Waals surface area contributed by atoms with Gasteiger partial charge in [-0.3, -0.25) is 0 Å². The number of aromatic nitrogens is 2. The van der Waals surface area contributed by atoms with Crippen LogP contribution in [0.5, 0.6) is 0 Å². The molecule has 6 aromatic rings. The molecule has 1 aliphatic rings. The van der Waals surface area contributed by atoms with Crippen LogP contribution in [-0.2, 0) is 20.1 Å². The van der Waals surface area contributed by atoms with E-state index in [0.29, 0.717) is 5.92 Å². The number of aryl methyl sites for hydroxylation is 3. The minimum absolute atomic E-state index is 0. The molecular formula is C40H34IrN2S-2. The summed E-state index contributed by atoms with van der Waals surface area (Å²) in [4.78, 5) is 11.6. The number of benzene rings is 4. The molecule has 0 fully saturated rings. The standard InChI is InChI=1S/C27H22NS.C13H12N.Ir/c1-17(2)19-12-13-28-25(16-19)20-9-11-27-24(15-20)21-10-8-18(3)14-23(21)22-6-4-5-7-26(22)29-27;1-10-8-11(2)14-13(9-10)12-6-4-3-5-7-12;/h4-8,10-17H,1-3H3;3-6,8-9H,1-2H3;/q2*-1;. The van der Waals surface area contributed by atoms with E-state index >= 15 is 0 Å². The van der Waals surface area contributed by atoms with Crippen LogP contribution >= 0.6 is 11.8 Å². The summed E-state index contributed by atoms with van der Waals surface area (Å²) in [6.45, 7) is 10.7. The van der Waals surface area contributed by atoms with Crippen molar-refractivity contribution in [3.63, 3.8) is 0 Å². The van der Waals surface area contributed by atoms with Crippen LogP contribution in [0.3, 0.4) is 0 Å². The molecule has 0 N–H and O–H groups in total. The molecule has 0 aliphatic carbocycles. The maximum absolute atomic E-state index is 4.64. The monoisotopic (exact) mass is 767 g/mol. The molecule has 1 radical (unpaired) electrons. The Balaban J connectivity index is 0.000000216. The average Bonchev–Trinajstić information content (AvgIpc) is 3.15. The van der Waals surface area contributed by atoms with Gasteiger partial charge in [-0.1, -0.05) is 89.5 Å². The molecule has 0 saturated carbocycles. The van der Waals surface area contributed by atoms with Crippen molar-refractivity contribution in [2.75, 3.05) is 0 Å². The van der Waals surface area contributed by atoms with Crippen molar-refractivity contribution in [1.29, 1.82) is 0 Å². The molecule has 0 amide bonds. The van der Waals surface area contributed by atoms with Crippen molar-refractivity contribution < 1.29 is 20.1 Å². The van der Waals surface area contributed by atoms with Crippen LogP contribution in [0.2, 0.25) is 0 Å². The number of hydrogen-bond donors (Lipinski definition) is 0. The Morgan fingerprint density at radius 1 is 0.636 bits per heavy atom. The molecule has 4 heteroatoms. The summed E-state index contributed by atoms with van der Waals surface area (Å²) in [7, 11) is 0. The van der Waals surface area contributed by atoms with Gasteiger partial charge in [0.15, 0.2) is 0 Å². The molecule has 0 unspecified atom stereocenters. The molecule has 3 heterocycles. The van der Waals surface area contributed by atoms with Crippen LogP contribution in [0.15, 0.2) is 119 Å². The quantitative estimate of drug-likeness (QED) is 0.168. The molecule has 1 aliphatic heterocycles. The van der Waals surface area contributed by atoms with Gasteiger partial charge in [-0.15, -0.1) is 71.4 Å². The van der Waals surface area contributed by atoms with E-state index in [1.807, 2.05) is 49.1 Å². The van der Waals surface area contributed by atoms with Crippen LogP contribution in [0.25, 0.3) is 44.8 Å². The van der Waals surface area contributed by atoms with Crippen molar-refractivity contribution in [2.45, 2.75) is 50.3 Å². The normalized spacial score (nSPS) is 11.2. The number of rotatable bonds is 3. The Bertz CT molecular complexity index is 1890. The zero-order valence-corrected chi connectivity index (χ0v) is 28.8. The van der Waals surface area contributed by atoms with E-state index < -0.39 is 0 Å². The fourth-order valence-electron chi connectivity index (χ4n) is 5.42. The molecular weight excluding hydrogens is 733 g/mol. The van der Waals surface area contributed by atoms with Crippen molar-refractivity contribution in [3.05, 3.63) is 144 Å². The van der Waals surface area contributed by atoms with Crippen LogP contribution in [0, 0.1) is 32.9 Å². The topological polar surface area (TPSA) is 25.8 Å². The zero-order valence-electron chi connectivity index (χ0n) is 25.6. The maximum atomic E-state index is 4.64. The molecule has 0 atom stereocenters. The van der Waals surface area contributed by atoms with Gasteiger partial charge in [-0.25, -0.2) is 0 Å². The molecule has 2 aromatic heterocycles. The van der Waals surface area contributed by atoms with E-state index in [1.165, 1.54) is 48.7 Å². The van der Waals surface area contributed by atoms with E-state index in [9.17, 15) is 0 Å². The van der Waals surface area contributed by atoms with Gasteiger partial charge in [0.05, 0.1) is 0 Å². The first-order valence-corrected chi connectivity index (χ1v) is 15.5. The number of nitrogens with zero attached hydrogens (tertiary/aromatic N) is 2. The number of hydrogen-bond acceptors (Lipinski definition) is 3. The van der Waals surface area contributed by atoms with Crippen LogP contribution in [0.1, 0.15) is 42.1 Å². The third kappa shape index (κ3) is 6.94. The van der Waals surface area contributed by atoms with Gasteiger partial charge in [0.1, 0.15) is 0 Å². The third-order valence-corrected chi connectivity index (χ3v) is 8.72. The Morgan fingerprint density at radius 2 is 1.45 bits per heavy atom. The fraction of sp³-hybridized carbons (Fsp3) is 0.150. The molecule has 7 rings (SSSR count). The summed E-state index contributed by atoms with van der Waals surface area (Å²) in [5.41, 5.74) is 14.1. The van der Waals surface area contributed by atoms with E-state index in [0.717, 1.165) is 28.2 Å². The van der Waals surface area contributed by atoms with E-state index in [-0.39, 0.29) is 20.1 Å². The average molecular weight is 767 g/mol. The van der Waals surface area contributed by atoms with E-state index in [4.69, 9.17) is 0 Å². The summed E-state index contributed by atoms with van der Waals surface area (Å²) in [5.74, 6) is 0.478. The first-order chi connectivity index (χ1) is 20.9. The predicted molar refractivity (Wildman–Crippen MR) is 180 cm³/mol. The molecule has 44 heavy (non-hydrogen) atoms. The predicted octanol–water partition coefficient (Wildman–Crippen LogP) is 10.9. The summed E-state index contributed by atoms with van der Waals surface area (Å²) < 4.78 is 0. The summed E-state index contributed by atoms with van der Waals surface area (Å²) >= 11 is 1.83. The van der Waals surface area contributed by atoms with Gasteiger partial charge in [0.25, 0.3) is 0 Å². The molecule has 221 valence electrons. The van der Waals surface area contributed by atoms with Gasteiger partial charge < -0.3 is 9.97 Å². The van der Waals surface area contributed by atoms with Gasteiger partial charge in [-0.2, -0.15) is 0 Å².